The Morgan fingerprint density at radius 2 is 2.20 bits per heavy atom. The molecule has 1 rings (SSSR count). The highest BCUT2D eigenvalue weighted by molar-refractivity contribution is 7.91. The maximum atomic E-state index is 13.9. The molecule has 0 spiro atoms. The van der Waals surface area contributed by atoms with Gasteiger partial charge in [0.1, 0.15) is 5.67 Å². The van der Waals surface area contributed by atoms with Crippen LogP contribution in [0.5, 0.6) is 0 Å². The first kappa shape index (κ1) is 12.9. The normalized spacial score (nSPS) is 29.7. The van der Waals surface area contributed by atoms with E-state index in [1.165, 1.54) is 6.92 Å². The quantitative estimate of drug-likeness (QED) is 0.798. The molecule has 1 fully saturated rings. The number of hydrogen-bond donors (Lipinski definition) is 1. The van der Waals surface area contributed by atoms with Crippen LogP contribution in [0.25, 0.3) is 0 Å². The van der Waals surface area contributed by atoms with Crippen molar-refractivity contribution in [2.45, 2.75) is 31.9 Å². The molecule has 0 radical (unpaired) electrons. The van der Waals surface area contributed by atoms with Gasteiger partial charge in [-0.3, -0.25) is 0 Å². The van der Waals surface area contributed by atoms with Gasteiger partial charge in [0.05, 0.1) is 11.5 Å². The summed E-state index contributed by atoms with van der Waals surface area (Å²) in [7, 11) is -1.20. The number of sulfone groups is 1. The molecule has 15 heavy (non-hydrogen) atoms. The second kappa shape index (κ2) is 4.78. The van der Waals surface area contributed by atoms with E-state index in [1.807, 2.05) is 0 Å². The van der Waals surface area contributed by atoms with Crippen LogP contribution < -0.4 is 5.32 Å². The zero-order valence-electron chi connectivity index (χ0n) is 9.42. The van der Waals surface area contributed by atoms with Crippen LogP contribution in [0.1, 0.15) is 26.2 Å². The largest absolute Gasteiger partial charge is 0.317 e. The Morgan fingerprint density at radius 3 is 2.73 bits per heavy atom. The SMILES string of the molecule is CNCC(C)(F)CC1CCCS(=O)(=O)C1. The van der Waals surface area contributed by atoms with E-state index in [-0.39, 0.29) is 24.0 Å². The fourth-order valence-electron chi connectivity index (χ4n) is 2.32. The van der Waals surface area contributed by atoms with Crippen LogP contribution in [0.2, 0.25) is 0 Å². The van der Waals surface area contributed by atoms with Gasteiger partial charge < -0.3 is 5.32 Å². The second-order valence-corrected chi connectivity index (χ2v) is 7.00. The molecular formula is C10H20FNO2S. The average molecular weight is 237 g/mol. The highest BCUT2D eigenvalue weighted by atomic mass is 32.2. The van der Waals surface area contributed by atoms with Crippen molar-refractivity contribution in [2.24, 2.45) is 5.92 Å². The lowest BCUT2D eigenvalue weighted by Gasteiger charge is -2.28. The van der Waals surface area contributed by atoms with Crippen molar-refractivity contribution in [1.29, 1.82) is 0 Å². The molecule has 1 aliphatic rings. The van der Waals surface area contributed by atoms with Gasteiger partial charge in [-0.25, -0.2) is 12.8 Å². The van der Waals surface area contributed by atoms with E-state index in [2.05, 4.69) is 5.32 Å². The van der Waals surface area contributed by atoms with E-state index >= 15 is 0 Å². The molecule has 0 aromatic carbocycles. The van der Waals surface area contributed by atoms with Crippen LogP contribution in [0.15, 0.2) is 0 Å². The number of alkyl halides is 1. The number of rotatable bonds is 4. The fourth-order valence-corrected chi connectivity index (χ4v) is 4.10. The third-order valence-corrected chi connectivity index (χ3v) is 4.71. The maximum absolute atomic E-state index is 13.9. The van der Waals surface area contributed by atoms with Gasteiger partial charge in [0.25, 0.3) is 0 Å². The molecule has 2 atom stereocenters. The number of halogens is 1. The monoisotopic (exact) mass is 237 g/mol. The Morgan fingerprint density at radius 1 is 1.53 bits per heavy atom. The zero-order valence-corrected chi connectivity index (χ0v) is 10.2. The smallest absolute Gasteiger partial charge is 0.150 e. The summed E-state index contributed by atoms with van der Waals surface area (Å²) in [5, 5.41) is 2.79. The van der Waals surface area contributed by atoms with Crippen LogP contribution in [0.4, 0.5) is 4.39 Å². The Hall–Kier alpha value is -0.160. The maximum Gasteiger partial charge on any atom is 0.150 e. The lowest BCUT2D eigenvalue weighted by atomic mass is 9.91. The first-order chi connectivity index (χ1) is 6.85. The van der Waals surface area contributed by atoms with Crippen LogP contribution >= 0.6 is 0 Å². The Balaban J connectivity index is 2.51. The van der Waals surface area contributed by atoms with Crippen molar-refractivity contribution in [3.8, 4) is 0 Å². The first-order valence-corrected chi connectivity index (χ1v) is 7.21. The van der Waals surface area contributed by atoms with Gasteiger partial charge in [-0.1, -0.05) is 0 Å². The summed E-state index contributed by atoms with van der Waals surface area (Å²) in [5.74, 6) is 0.432. The average Bonchev–Trinajstić information content (AvgIpc) is 1.99. The van der Waals surface area contributed by atoms with E-state index in [0.29, 0.717) is 12.8 Å². The van der Waals surface area contributed by atoms with Crippen molar-refractivity contribution < 1.29 is 12.8 Å². The molecule has 1 aliphatic heterocycles. The van der Waals surface area contributed by atoms with Crippen LogP contribution in [-0.4, -0.2) is 39.2 Å². The van der Waals surface area contributed by atoms with E-state index in [1.54, 1.807) is 7.05 Å². The summed E-state index contributed by atoms with van der Waals surface area (Å²) in [4.78, 5) is 0. The molecular weight excluding hydrogens is 217 g/mol. The summed E-state index contributed by atoms with van der Waals surface area (Å²) in [6.45, 7) is 1.81. The van der Waals surface area contributed by atoms with Gasteiger partial charge in [0, 0.05) is 6.54 Å². The predicted molar refractivity (Wildman–Crippen MR) is 59.4 cm³/mol. The van der Waals surface area contributed by atoms with E-state index in [0.717, 1.165) is 6.42 Å². The third-order valence-electron chi connectivity index (χ3n) is 2.82. The molecule has 3 nitrogen and oxygen atoms in total. The van der Waals surface area contributed by atoms with E-state index in [4.69, 9.17) is 0 Å². The number of hydrogen-bond acceptors (Lipinski definition) is 3. The molecule has 0 aromatic heterocycles. The fraction of sp³-hybridized carbons (Fsp3) is 1.00. The minimum Gasteiger partial charge on any atom is -0.317 e. The minimum atomic E-state index is -2.91. The zero-order chi connectivity index (χ0) is 11.5. The van der Waals surface area contributed by atoms with Gasteiger partial charge >= 0.3 is 0 Å². The molecule has 90 valence electrons. The lowest BCUT2D eigenvalue weighted by molar-refractivity contribution is 0.146. The molecule has 2 unspecified atom stereocenters. The lowest BCUT2D eigenvalue weighted by Crippen LogP contribution is -2.37. The topological polar surface area (TPSA) is 46.2 Å². The summed E-state index contributed by atoms with van der Waals surface area (Å²) in [6.07, 6.45) is 1.86. The molecule has 0 amide bonds. The summed E-state index contributed by atoms with van der Waals surface area (Å²) < 4.78 is 36.6. The minimum absolute atomic E-state index is 0.00731. The summed E-state index contributed by atoms with van der Waals surface area (Å²) in [6, 6.07) is 0. The first-order valence-electron chi connectivity index (χ1n) is 5.39. The standard InChI is InChI=1S/C10H20FNO2S/c1-10(11,8-12-2)6-9-4-3-5-15(13,14)7-9/h9,12H,3-8H2,1-2H3. The van der Waals surface area contributed by atoms with Crippen LogP contribution in [0.3, 0.4) is 0 Å². The van der Waals surface area contributed by atoms with E-state index in [9.17, 15) is 12.8 Å². The Labute approximate surface area is 91.4 Å². The van der Waals surface area contributed by atoms with Gasteiger partial charge in [-0.2, -0.15) is 0 Å². The van der Waals surface area contributed by atoms with Crippen molar-refractivity contribution >= 4 is 9.84 Å². The highest BCUT2D eigenvalue weighted by Crippen LogP contribution is 2.28. The number of nitrogens with one attached hydrogen (secondary N) is 1. The summed E-state index contributed by atoms with van der Waals surface area (Å²) in [5.41, 5.74) is -1.30. The molecule has 0 saturated carbocycles. The molecule has 1 saturated heterocycles. The van der Waals surface area contributed by atoms with Gasteiger partial charge in [0.15, 0.2) is 9.84 Å². The molecule has 0 aromatic rings. The predicted octanol–water partition coefficient (Wildman–Crippen LogP) is 1.15. The second-order valence-electron chi connectivity index (χ2n) is 4.77. The van der Waals surface area contributed by atoms with Crippen molar-refractivity contribution in [3.63, 3.8) is 0 Å². The van der Waals surface area contributed by atoms with Crippen LogP contribution in [-0.2, 0) is 9.84 Å². The van der Waals surface area contributed by atoms with Gasteiger partial charge in [0.2, 0.25) is 0 Å². The third kappa shape index (κ3) is 4.47. The molecule has 5 heteroatoms. The van der Waals surface area contributed by atoms with Gasteiger partial charge in [-0.05, 0) is 39.2 Å². The van der Waals surface area contributed by atoms with Crippen molar-refractivity contribution in [2.75, 3.05) is 25.1 Å². The van der Waals surface area contributed by atoms with Crippen molar-refractivity contribution in [1.82, 2.24) is 5.32 Å². The Kier molecular flexibility index (Phi) is 4.12. The molecule has 0 aliphatic carbocycles. The van der Waals surface area contributed by atoms with Crippen LogP contribution in [0, 0.1) is 5.92 Å². The summed E-state index contributed by atoms with van der Waals surface area (Å²) >= 11 is 0. The molecule has 1 N–H and O–H groups in total. The van der Waals surface area contributed by atoms with E-state index < -0.39 is 15.5 Å². The Bertz CT molecular complexity index is 301. The highest BCUT2D eigenvalue weighted by Gasteiger charge is 2.32. The van der Waals surface area contributed by atoms with Gasteiger partial charge in [-0.15, -0.1) is 0 Å². The molecule has 0 bridgehead atoms. The molecule has 1 heterocycles. The van der Waals surface area contributed by atoms with Crippen molar-refractivity contribution in [3.05, 3.63) is 0 Å².